The summed E-state index contributed by atoms with van der Waals surface area (Å²) in [6.45, 7) is 0. The van der Waals surface area contributed by atoms with Crippen LogP contribution in [0.2, 0.25) is 0 Å². The van der Waals surface area contributed by atoms with Gasteiger partial charge in [-0.1, -0.05) is 42.1 Å². The maximum atomic E-state index is 12.6. The molecule has 0 saturated carbocycles. The fraction of sp³-hybridized carbons (Fsp3) is 0.133. The molecule has 0 aliphatic rings. The molecule has 1 aromatic carbocycles. The Morgan fingerprint density at radius 1 is 1.39 bits per heavy atom. The minimum atomic E-state index is -0.311. The van der Waals surface area contributed by atoms with Crippen LogP contribution in [0.15, 0.2) is 45.7 Å². The van der Waals surface area contributed by atoms with E-state index in [0.29, 0.717) is 15.4 Å². The van der Waals surface area contributed by atoms with E-state index in [0.717, 1.165) is 27.6 Å². The summed E-state index contributed by atoms with van der Waals surface area (Å²) in [7, 11) is 1.56. The molecule has 2 heterocycles. The number of nitrogen functional groups attached to an aromatic ring is 1. The standard InChI is InChI=1S/C15H14N4O2S2/c1-17-11(20)8-23-15-18-13-12(14(21)19(15)16)10(7-22-13)9-5-3-2-4-6-9/h2-7H,8,16H2,1H3,(H,17,20). The summed E-state index contributed by atoms with van der Waals surface area (Å²) in [5.41, 5.74) is 1.46. The number of nitrogens with two attached hydrogens (primary N) is 1. The molecule has 0 aliphatic heterocycles. The Balaban J connectivity index is 2.08. The molecule has 0 saturated heterocycles. The van der Waals surface area contributed by atoms with Gasteiger partial charge < -0.3 is 11.2 Å². The van der Waals surface area contributed by atoms with Crippen LogP contribution in [0.5, 0.6) is 0 Å². The minimum Gasteiger partial charge on any atom is -0.358 e. The van der Waals surface area contributed by atoms with Crippen LogP contribution in [-0.2, 0) is 4.79 Å². The van der Waals surface area contributed by atoms with Gasteiger partial charge in [-0.2, -0.15) is 0 Å². The summed E-state index contributed by atoms with van der Waals surface area (Å²) in [6, 6.07) is 9.64. The Hall–Kier alpha value is -2.32. The Labute approximate surface area is 140 Å². The fourth-order valence-electron chi connectivity index (χ4n) is 2.12. The molecule has 0 fully saturated rings. The Morgan fingerprint density at radius 2 is 2.13 bits per heavy atom. The second-order valence-corrected chi connectivity index (χ2v) is 6.53. The normalized spacial score (nSPS) is 10.8. The largest absolute Gasteiger partial charge is 0.358 e. The maximum Gasteiger partial charge on any atom is 0.282 e. The van der Waals surface area contributed by atoms with Crippen molar-refractivity contribution < 1.29 is 4.79 Å². The van der Waals surface area contributed by atoms with E-state index in [1.807, 2.05) is 35.7 Å². The van der Waals surface area contributed by atoms with Gasteiger partial charge in [0.2, 0.25) is 5.91 Å². The van der Waals surface area contributed by atoms with Crippen LogP contribution in [0.3, 0.4) is 0 Å². The number of nitrogens with one attached hydrogen (secondary N) is 1. The molecule has 0 atom stereocenters. The van der Waals surface area contributed by atoms with Crippen LogP contribution < -0.4 is 16.7 Å². The molecule has 23 heavy (non-hydrogen) atoms. The lowest BCUT2D eigenvalue weighted by atomic mass is 10.1. The van der Waals surface area contributed by atoms with Crippen molar-refractivity contribution in [1.82, 2.24) is 15.0 Å². The average Bonchev–Trinajstić information content (AvgIpc) is 3.01. The van der Waals surface area contributed by atoms with Gasteiger partial charge in [0.1, 0.15) is 4.83 Å². The minimum absolute atomic E-state index is 0.152. The van der Waals surface area contributed by atoms with Crippen molar-refractivity contribution in [1.29, 1.82) is 0 Å². The van der Waals surface area contributed by atoms with Crippen molar-refractivity contribution in [3.05, 3.63) is 46.1 Å². The first-order chi connectivity index (χ1) is 11.1. The highest BCUT2D eigenvalue weighted by atomic mass is 32.2. The Kier molecular flexibility index (Phi) is 4.35. The van der Waals surface area contributed by atoms with Crippen LogP contribution in [-0.4, -0.2) is 28.4 Å². The van der Waals surface area contributed by atoms with E-state index in [1.54, 1.807) is 7.05 Å². The zero-order chi connectivity index (χ0) is 16.4. The van der Waals surface area contributed by atoms with E-state index < -0.39 is 0 Å². The van der Waals surface area contributed by atoms with Crippen molar-refractivity contribution in [2.45, 2.75) is 5.16 Å². The second-order valence-electron chi connectivity index (χ2n) is 4.73. The van der Waals surface area contributed by atoms with E-state index in [4.69, 9.17) is 5.84 Å². The summed E-state index contributed by atoms with van der Waals surface area (Å²) in [5.74, 6) is 5.88. The number of carbonyl (C=O) groups excluding carboxylic acids is 1. The molecule has 0 aliphatic carbocycles. The number of rotatable bonds is 4. The predicted octanol–water partition coefficient (Wildman–Crippen LogP) is 1.68. The molecular weight excluding hydrogens is 332 g/mol. The third kappa shape index (κ3) is 2.95. The van der Waals surface area contributed by atoms with E-state index in [-0.39, 0.29) is 17.2 Å². The van der Waals surface area contributed by atoms with E-state index in [2.05, 4.69) is 10.3 Å². The number of thioether (sulfide) groups is 1. The summed E-state index contributed by atoms with van der Waals surface area (Å²) >= 11 is 2.53. The van der Waals surface area contributed by atoms with Crippen molar-refractivity contribution in [3.8, 4) is 11.1 Å². The maximum absolute atomic E-state index is 12.6. The van der Waals surface area contributed by atoms with Crippen LogP contribution in [0.4, 0.5) is 0 Å². The third-order valence-electron chi connectivity index (χ3n) is 3.30. The molecule has 0 bridgehead atoms. The molecule has 2 aromatic heterocycles. The topological polar surface area (TPSA) is 90.0 Å². The van der Waals surface area contributed by atoms with Gasteiger partial charge in [0.25, 0.3) is 5.56 Å². The average molecular weight is 346 g/mol. The second kappa shape index (κ2) is 6.43. The first-order valence-electron chi connectivity index (χ1n) is 6.80. The van der Waals surface area contributed by atoms with Crippen molar-refractivity contribution >= 4 is 39.2 Å². The van der Waals surface area contributed by atoms with Crippen molar-refractivity contribution in [2.75, 3.05) is 18.6 Å². The van der Waals surface area contributed by atoms with Gasteiger partial charge in [0.05, 0.1) is 11.1 Å². The summed E-state index contributed by atoms with van der Waals surface area (Å²) in [6.07, 6.45) is 0. The van der Waals surface area contributed by atoms with Crippen LogP contribution in [0, 0.1) is 0 Å². The summed E-state index contributed by atoms with van der Waals surface area (Å²) in [5, 5.41) is 5.26. The lowest BCUT2D eigenvalue weighted by Gasteiger charge is -2.07. The van der Waals surface area contributed by atoms with Gasteiger partial charge in [0.15, 0.2) is 5.16 Å². The van der Waals surface area contributed by atoms with Crippen molar-refractivity contribution in [3.63, 3.8) is 0 Å². The molecule has 0 radical (unpaired) electrons. The number of hydrogen-bond donors (Lipinski definition) is 2. The van der Waals surface area contributed by atoms with Gasteiger partial charge in [-0.3, -0.25) is 9.59 Å². The molecular formula is C15H14N4O2S2. The fourth-order valence-corrected chi connectivity index (χ4v) is 3.90. The Morgan fingerprint density at radius 3 is 2.83 bits per heavy atom. The number of amides is 1. The number of hydrogen-bond acceptors (Lipinski definition) is 6. The predicted molar refractivity (Wildman–Crippen MR) is 94.3 cm³/mol. The highest BCUT2D eigenvalue weighted by Gasteiger charge is 2.16. The summed E-state index contributed by atoms with van der Waals surface area (Å²) < 4.78 is 1.01. The highest BCUT2D eigenvalue weighted by Crippen LogP contribution is 2.31. The Bertz CT molecular complexity index is 918. The van der Waals surface area contributed by atoms with Gasteiger partial charge >= 0.3 is 0 Å². The molecule has 0 spiro atoms. The van der Waals surface area contributed by atoms with Crippen LogP contribution in [0.1, 0.15) is 0 Å². The van der Waals surface area contributed by atoms with Gasteiger partial charge in [-0.25, -0.2) is 9.66 Å². The molecule has 3 N–H and O–H groups in total. The molecule has 3 aromatic rings. The van der Waals surface area contributed by atoms with Crippen LogP contribution in [0.25, 0.3) is 21.3 Å². The molecule has 0 unspecified atom stereocenters. The van der Waals surface area contributed by atoms with E-state index >= 15 is 0 Å². The summed E-state index contributed by atoms with van der Waals surface area (Å²) in [4.78, 5) is 29.0. The number of thiophene rings is 1. The number of carbonyl (C=O) groups is 1. The first-order valence-corrected chi connectivity index (χ1v) is 8.66. The SMILES string of the molecule is CNC(=O)CSc1nc2scc(-c3ccccc3)c2c(=O)n1N. The quantitative estimate of drug-likeness (QED) is 0.426. The number of aromatic nitrogens is 2. The number of benzene rings is 1. The van der Waals surface area contributed by atoms with E-state index in [1.165, 1.54) is 11.3 Å². The highest BCUT2D eigenvalue weighted by molar-refractivity contribution is 7.99. The monoisotopic (exact) mass is 346 g/mol. The number of fused-ring (bicyclic) bond motifs is 1. The first kappa shape index (κ1) is 15.6. The van der Waals surface area contributed by atoms with Crippen molar-refractivity contribution in [2.24, 2.45) is 0 Å². The molecule has 118 valence electrons. The lowest BCUT2D eigenvalue weighted by Crippen LogP contribution is -2.30. The van der Waals surface area contributed by atoms with E-state index in [9.17, 15) is 9.59 Å². The molecule has 3 rings (SSSR count). The lowest BCUT2D eigenvalue weighted by molar-refractivity contribution is -0.118. The van der Waals surface area contributed by atoms with Gasteiger partial charge in [-0.15, -0.1) is 11.3 Å². The van der Waals surface area contributed by atoms with Crippen LogP contribution >= 0.6 is 23.1 Å². The van der Waals surface area contributed by atoms with Gasteiger partial charge in [0, 0.05) is 18.0 Å². The zero-order valence-electron chi connectivity index (χ0n) is 12.3. The molecule has 8 heteroatoms. The van der Waals surface area contributed by atoms with Gasteiger partial charge in [-0.05, 0) is 5.56 Å². The third-order valence-corrected chi connectivity index (χ3v) is 5.13. The zero-order valence-corrected chi connectivity index (χ0v) is 13.9. The molecule has 6 nitrogen and oxygen atoms in total. The smallest absolute Gasteiger partial charge is 0.282 e. The molecule has 1 amide bonds. The number of nitrogens with zero attached hydrogens (tertiary/aromatic N) is 2.